The second-order valence-corrected chi connectivity index (χ2v) is 7.40. The van der Waals surface area contributed by atoms with E-state index < -0.39 is 17.2 Å². The zero-order chi connectivity index (χ0) is 17.8. The van der Waals surface area contributed by atoms with E-state index in [1.165, 1.54) is 6.33 Å². The lowest BCUT2D eigenvalue weighted by Gasteiger charge is -2.28. The fourth-order valence-electron chi connectivity index (χ4n) is 2.30. The predicted molar refractivity (Wildman–Crippen MR) is 90.5 cm³/mol. The van der Waals surface area contributed by atoms with Gasteiger partial charge >= 0.3 is 6.09 Å². The zero-order valence-corrected chi connectivity index (χ0v) is 14.9. The summed E-state index contributed by atoms with van der Waals surface area (Å²) in [5.74, 6) is 0. The topological polar surface area (TPSA) is 81.9 Å². The van der Waals surface area contributed by atoms with E-state index in [4.69, 9.17) is 4.74 Å². The molecule has 1 amide bonds. The molecule has 0 spiro atoms. The van der Waals surface area contributed by atoms with Gasteiger partial charge in [-0.2, -0.15) is 0 Å². The van der Waals surface area contributed by atoms with Crippen molar-refractivity contribution in [2.75, 3.05) is 0 Å². The van der Waals surface area contributed by atoms with E-state index in [9.17, 15) is 4.79 Å². The van der Waals surface area contributed by atoms with Gasteiger partial charge in [-0.05, 0) is 40.7 Å². The number of nitrogens with zero attached hydrogens (tertiary/aromatic N) is 4. The van der Waals surface area contributed by atoms with Crippen LogP contribution in [0.2, 0.25) is 0 Å². The van der Waals surface area contributed by atoms with Crippen LogP contribution in [0.25, 0.3) is 0 Å². The number of nitrogens with one attached hydrogen (secondary N) is 1. The molecule has 0 bridgehead atoms. The van der Waals surface area contributed by atoms with Gasteiger partial charge in [-0.1, -0.05) is 0 Å². The van der Waals surface area contributed by atoms with Crippen LogP contribution in [0.3, 0.4) is 0 Å². The van der Waals surface area contributed by atoms with Crippen molar-refractivity contribution in [1.82, 2.24) is 24.8 Å². The molecule has 0 unspecified atom stereocenters. The van der Waals surface area contributed by atoms with Gasteiger partial charge in [0.2, 0.25) is 0 Å². The molecule has 0 fully saturated rings. The molecule has 1 N–H and O–H groups in total. The Morgan fingerprint density at radius 1 is 1.25 bits per heavy atom. The van der Waals surface area contributed by atoms with E-state index in [1.807, 2.05) is 45.3 Å². The summed E-state index contributed by atoms with van der Waals surface area (Å²) in [5, 5.41) is 2.91. The number of hydrogen-bond acceptors (Lipinski definition) is 5. The molecule has 0 aliphatic heterocycles. The number of amides is 1. The molecule has 0 saturated carbocycles. The average molecular weight is 331 g/mol. The highest BCUT2D eigenvalue weighted by molar-refractivity contribution is 5.68. The first-order valence-corrected chi connectivity index (χ1v) is 7.90. The Labute approximate surface area is 142 Å². The van der Waals surface area contributed by atoms with Gasteiger partial charge in [-0.3, -0.25) is 0 Å². The number of aromatic nitrogens is 4. The van der Waals surface area contributed by atoms with Crippen LogP contribution in [0.4, 0.5) is 4.79 Å². The van der Waals surface area contributed by atoms with Crippen LogP contribution in [0.1, 0.15) is 46.0 Å². The molecule has 0 saturated heterocycles. The second kappa shape index (κ2) is 6.98. The minimum Gasteiger partial charge on any atom is -0.444 e. The number of hydrogen-bond donors (Lipinski definition) is 1. The van der Waals surface area contributed by atoms with Crippen LogP contribution in [0, 0.1) is 0 Å². The fourth-order valence-corrected chi connectivity index (χ4v) is 2.30. The van der Waals surface area contributed by atoms with Crippen molar-refractivity contribution in [2.45, 2.75) is 58.7 Å². The Hall–Kier alpha value is -2.44. The maximum atomic E-state index is 12.0. The molecule has 0 aromatic carbocycles. The Morgan fingerprint density at radius 2 is 2.00 bits per heavy atom. The normalized spacial score (nSPS) is 12.0. The minimum absolute atomic E-state index is 0.422. The summed E-state index contributed by atoms with van der Waals surface area (Å²) in [6, 6.07) is 1.87. The molecule has 7 heteroatoms. The molecule has 0 atom stereocenters. The Morgan fingerprint density at radius 3 is 2.62 bits per heavy atom. The summed E-state index contributed by atoms with van der Waals surface area (Å²) in [7, 11) is 0. The van der Waals surface area contributed by atoms with Crippen molar-refractivity contribution in [3.8, 4) is 0 Å². The van der Waals surface area contributed by atoms with Crippen molar-refractivity contribution in [3.63, 3.8) is 0 Å². The molecule has 130 valence electrons. The van der Waals surface area contributed by atoms with Crippen molar-refractivity contribution in [2.24, 2.45) is 0 Å². The van der Waals surface area contributed by atoms with Crippen LogP contribution >= 0.6 is 0 Å². The third kappa shape index (κ3) is 5.64. The average Bonchev–Trinajstić information content (AvgIpc) is 2.83. The molecule has 2 rings (SSSR count). The first-order valence-electron chi connectivity index (χ1n) is 7.90. The first kappa shape index (κ1) is 17.9. The Kier molecular flexibility index (Phi) is 5.21. The van der Waals surface area contributed by atoms with Crippen LogP contribution in [0.15, 0.2) is 31.1 Å². The first-order chi connectivity index (χ1) is 11.1. The van der Waals surface area contributed by atoms with Gasteiger partial charge in [0.05, 0.1) is 18.6 Å². The van der Waals surface area contributed by atoms with E-state index in [-0.39, 0.29) is 0 Å². The lowest BCUT2D eigenvalue weighted by molar-refractivity contribution is 0.0471. The third-order valence-corrected chi connectivity index (χ3v) is 3.24. The third-order valence-electron chi connectivity index (χ3n) is 3.24. The van der Waals surface area contributed by atoms with E-state index in [0.29, 0.717) is 13.0 Å². The number of imidazole rings is 1. The van der Waals surface area contributed by atoms with Gasteiger partial charge in [0.1, 0.15) is 11.9 Å². The lowest BCUT2D eigenvalue weighted by Crippen LogP contribution is -2.47. The summed E-state index contributed by atoms with van der Waals surface area (Å²) < 4.78 is 7.34. The summed E-state index contributed by atoms with van der Waals surface area (Å²) in [4.78, 5) is 24.4. The van der Waals surface area contributed by atoms with Crippen molar-refractivity contribution in [3.05, 3.63) is 42.5 Å². The van der Waals surface area contributed by atoms with Gasteiger partial charge in [0.15, 0.2) is 0 Å². The highest BCUT2D eigenvalue weighted by Gasteiger charge is 2.26. The molecule has 7 nitrogen and oxygen atoms in total. The standard InChI is InChI=1S/C17H25N5O2/c1-16(2,3)24-15(23)21-17(4,5)8-14-9-19-12-22(14)10-13-6-7-18-11-20-13/h6-7,9,11-12H,8,10H2,1-5H3,(H,21,23). The highest BCUT2D eigenvalue weighted by Crippen LogP contribution is 2.15. The molecule has 0 aliphatic rings. The summed E-state index contributed by atoms with van der Waals surface area (Å²) in [6.07, 6.45) is 7.01. The smallest absolute Gasteiger partial charge is 0.408 e. The Balaban J connectivity index is 2.02. The van der Waals surface area contributed by atoms with Crippen LogP contribution in [0.5, 0.6) is 0 Å². The quantitative estimate of drug-likeness (QED) is 0.910. The van der Waals surface area contributed by atoms with Gasteiger partial charge in [-0.15, -0.1) is 0 Å². The number of carbonyl (C=O) groups excluding carboxylic acids is 1. The molecule has 2 aromatic rings. The molecule has 2 heterocycles. The highest BCUT2D eigenvalue weighted by atomic mass is 16.6. The van der Waals surface area contributed by atoms with Crippen LogP contribution in [-0.2, 0) is 17.7 Å². The maximum Gasteiger partial charge on any atom is 0.408 e. The molecular formula is C17H25N5O2. The molecular weight excluding hydrogens is 306 g/mol. The van der Waals surface area contributed by atoms with Gasteiger partial charge in [-0.25, -0.2) is 19.7 Å². The minimum atomic E-state index is -0.519. The summed E-state index contributed by atoms with van der Waals surface area (Å²) in [6.45, 7) is 10.1. The molecule has 0 radical (unpaired) electrons. The monoisotopic (exact) mass is 331 g/mol. The molecule has 2 aromatic heterocycles. The Bertz CT molecular complexity index is 674. The summed E-state index contributed by atoms with van der Waals surface area (Å²) >= 11 is 0. The largest absolute Gasteiger partial charge is 0.444 e. The van der Waals surface area contributed by atoms with Gasteiger partial charge in [0, 0.05) is 30.0 Å². The number of carbonyl (C=O) groups is 1. The van der Waals surface area contributed by atoms with Crippen LogP contribution < -0.4 is 5.32 Å². The number of alkyl carbamates (subject to hydrolysis) is 1. The van der Waals surface area contributed by atoms with Crippen molar-refractivity contribution < 1.29 is 9.53 Å². The predicted octanol–water partition coefficient (Wildman–Crippen LogP) is 2.57. The maximum absolute atomic E-state index is 12.0. The van der Waals surface area contributed by atoms with E-state index in [0.717, 1.165) is 11.4 Å². The van der Waals surface area contributed by atoms with E-state index >= 15 is 0 Å². The SMILES string of the molecule is CC(C)(Cc1cncn1Cc1ccncn1)NC(=O)OC(C)(C)C. The number of rotatable bonds is 5. The lowest BCUT2D eigenvalue weighted by atomic mass is 9.99. The van der Waals surface area contributed by atoms with E-state index in [1.54, 1.807) is 18.7 Å². The molecule has 0 aliphatic carbocycles. The second-order valence-electron chi connectivity index (χ2n) is 7.40. The number of ether oxygens (including phenoxy) is 1. The fraction of sp³-hybridized carbons (Fsp3) is 0.529. The van der Waals surface area contributed by atoms with Gasteiger partial charge < -0.3 is 14.6 Å². The molecule has 24 heavy (non-hydrogen) atoms. The van der Waals surface area contributed by atoms with Gasteiger partial charge in [0.25, 0.3) is 0 Å². The summed E-state index contributed by atoms with van der Waals surface area (Å²) in [5.41, 5.74) is 0.928. The van der Waals surface area contributed by atoms with Crippen molar-refractivity contribution in [1.29, 1.82) is 0 Å². The van der Waals surface area contributed by atoms with E-state index in [2.05, 4.69) is 20.3 Å². The van der Waals surface area contributed by atoms with Crippen LogP contribution in [-0.4, -0.2) is 36.8 Å². The zero-order valence-electron chi connectivity index (χ0n) is 14.9. The van der Waals surface area contributed by atoms with Crippen molar-refractivity contribution >= 4 is 6.09 Å².